The van der Waals surface area contributed by atoms with Crippen LogP contribution in [0.4, 0.5) is 17.1 Å². The molecule has 6 nitrogen and oxygen atoms in total. The number of hydrogen-bond acceptors (Lipinski definition) is 5. The highest BCUT2D eigenvalue weighted by atomic mass is 32.2. The van der Waals surface area contributed by atoms with E-state index in [0.29, 0.717) is 28.7 Å². The van der Waals surface area contributed by atoms with Crippen LogP contribution in [0.3, 0.4) is 0 Å². The Labute approximate surface area is 204 Å². The Kier molecular flexibility index (Phi) is 8.97. The maximum absolute atomic E-state index is 13.0. The Morgan fingerprint density at radius 3 is 2.33 bits per heavy atom. The summed E-state index contributed by atoms with van der Waals surface area (Å²) in [5.74, 6) is 1.12. The van der Waals surface area contributed by atoms with Crippen LogP contribution in [0.1, 0.15) is 13.3 Å². The average molecular weight is 482 g/mol. The SMILES string of the molecule is CCC(Sc1cccc(NC(=S)Nc2ccccc2)c1)C(=O)Nc1ccc(OC)cc1OC. The number of thiocarbonyl (C=S) groups is 1. The molecule has 0 radical (unpaired) electrons. The van der Waals surface area contributed by atoms with E-state index in [1.54, 1.807) is 32.4 Å². The number of ether oxygens (including phenoxy) is 2. The van der Waals surface area contributed by atoms with Crippen LogP contribution >= 0.6 is 24.0 Å². The van der Waals surface area contributed by atoms with Gasteiger partial charge in [-0.3, -0.25) is 4.79 Å². The molecule has 0 fully saturated rings. The zero-order valence-electron chi connectivity index (χ0n) is 18.8. The first-order valence-corrected chi connectivity index (χ1v) is 11.7. The minimum absolute atomic E-state index is 0.0920. The van der Waals surface area contributed by atoms with Crippen molar-refractivity contribution in [3.05, 3.63) is 72.8 Å². The Morgan fingerprint density at radius 1 is 0.909 bits per heavy atom. The first-order valence-electron chi connectivity index (χ1n) is 10.4. The molecule has 8 heteroatoms. The number of anilines is 3. The van der Waals surface area contributed by atoms with Crippen LogP contribution in [0.5, 0.6) is 11.5 Å². The van der Waals surface area contributed by atoms with Gasteiger partial charge in [0.15, 0.2) is 5.11 Å². The molecule has 0 saturated heterocycles. The van der Waals surface area contributed by atoms with E-state index in [-0.39, 0.29) is 11.2 Å². The van der Waals surface area contributed by atoms with E-state index < -0.39 is 0 Å². The van der Waals surface area contributed by atoms with Crippen LogP contribution in [0.15, 0.2) is 77.7 Å². The van der Waals surface area contributed by atoms with Crippen molar-refractivity contribution in [3.8, 4) is 11.5 Å². The van der Waals surface area contributed by atoms with Gasteiger partial charge >= 0.3 is 0 Å². The van der Waals surface area contributed by atoms with Crippen molar-refractivity contribution >= 4 is 52.1 Å². The van der Waals surface area contributed by atoms with Gasteiger partial charge in [0.2, 0.25) is 5.91 Å². The van der Waals surface area contributed by atoms with Gasteiger partial charge in [-0.25, -0.2) is 0 Å². The summed E-state index contributed by atoms with van der Waals surface area (Å²) in [5, 5.41) is 9.54. The van der Waals surface area contributed by atoms with Gasteiger partial charge in [0.1, 0.15) is 11.5 Å². The number of amides is 1. The van der Waals surface area contributed by atoms with Crippen molar-refractivity contribution in [1.82, 2.24) is 0 Å². The number of para-hydroxylation sites is 1. The van der Waals surface area contributed by atoms with Crippen LogP contribution in [-0.2, 0) is 4.79 Å². The topological polar surface area (TPSA) is 71.6 Å². The summed E-state index contributed by atoms with van der Waals surface area (Å²) in [6.07, 6.45) is 0.667. The molecule has 0 bridgehead atoms. The Bertz CT molecular complexity index is 1090. The van der Waals surface area contributed by atoms with E-state index in [1.165, 1.54) is 11.8 Å². The lowest BCUT2D eigenvalue weighted by molar-refractivity contribution is -0.115. The van der Waals surface area contributed by atoms with Crippen molar-refractivity contribution in [3.63, 3.8) is 0 Å². The Hall–Kier alpha value is -3.23. The van der Waals surface area contributed by atoms with Crippen LogP contribution in [0.25, 0.3) is 0 Å². The first-order chi connectivity index (χ1) is 16.0. The Balaban J connectivity index is 1.64. The number of carbonyl (C=O) groups excluding carboxylic acids is 1. The highest BCUT2D eigenvalue weighted by Crippen LogP contribution is 2.32. The van der Waals surface area contributed by atoms with E-state index in [9.17, 15) is 4.79 Å². The maximum atomic E-state index is 13.0. The van der Waals surface area contributed by atoms with Gasteiger partial charge < -0.3 is 25.4 Å². The first kappa shape index (κ1) is 24.4. The number of hydrogen-bond donors (Lipinski definition) is 3. The number of carbonyl (C=O) groups is 1. The fraction of sp³-hybridized carbons (Fsp3) is 0.200. The number of thioether (sulfide) groups is 1. The summed E-state index contributed by atoms with van der Waals surface area (Å²) < 4.78 is 10.6. The normalized spacial score (nSPS) is 11.2. The number of nitrogens with one attached hydrogen (secondary N) is 3. The van der Waals surface area contributed by atoms with Crippen molar-refractivity contribution in [1.29, 1.82) is 0 Å². The van der Waals surface area contributed by atoms with E-state index in [0.717, 1.165) is 16.3 Å². The molecule has 1 unspecified atom stereocenters. The van der Waals surface area contributed by atoms with Gasteiger partial charge in [0.25, 0.3) is 0 Å². The molecule has 3 rings (SSSR count). The zero-order chi connectivity index (χ0) is 23.6. The smallest absolute Gasteiger partial charge is 0.237 e. The third-order valence-electron chi connectivity index (χ3n) is 4.73. The number of methoxy groups -OCH3 is 2. The van der Waals surface area contributed by atoms with E-state index >= 15 is 0 Å². The molecule has 0 aliphatic rings. The molecular weight excluding hydrogens is 454 g/mol. The molecule has 3 aromatic rings. The minimum atomic E-state index is -0.276. The summed E-state index contributed by atoms with van der Waals surface area (Å²) in [6, 6.07) is 22.9. The summed E-state index contributed by atoms with van der Waals surface area (Å²) in [5.41, 5.74) is 2.37. The van der Waals surface area contributed by atoms with Crippen LogP contribution in [0.2, 0.25) is 0 Å². The molecule has 172 valence electrons. The zero-order valence-corrected chi connectivity index (χ0v) is 20.4. The highest BCUT2D eigenvalue weighted by Gasteiger charge is 2.20. The fourth-order valence-corrected chi connectivity index (χ4v) is 4.31. The van der Waals surface area contributed by atoms with E-state index in [4.69, 9.17) is 21.7 Å². The van der Waals surface area contributed by atoms with Crippen molar-refractivity contribution in [2.75, 3.05) is 30.2 Å². The highest BCUT2D eigenvalue weighted by molar-refractivity contribution is 8.00. The second kappa shape index (κ2) is 12.1. The van der Waals surface area contributed by atoms with Gasteiger partial charge in [0.05, 0.1) is 25.2 Å². The molecule has 0 aliphatic heterocycles. The lowest BCUT2D eigenvalue weighted by Crippen LogP contribution is -2.24. The number of benzene rings is 3. The second-order valence-electron chi connectivity index (χ2n) is 7.04. The average Bonchev–Trinajstić information content (AvgIpc) is 2.83. The van der Waals surface area contributed by atoms with E-state index in [2.05, 4.69) is 16.0 Å². The van der Waals surface area contributed by atoms with Crippen LogP contribution in [0, 0.1) is 0 Å². The van der Waals surface area contributed by atoms with E-state index in [1.807, 2.05) is 61.5 Å². The predicted molar refractivity (Wildman–Crippen MR) is 141 cm³/mol. The lowest BCUT2D eigenvalue weighted by atomic mass is 10.2. The lowest BCUT2D eigenvalue weighted by Gasteiger charge is -2.17. The van der Waals surface area contributed by atoms with Crippen molar-refractivity contribution < 1.29 is 14.3 Å². The fourth-order valence-electron chi connectivity index (χ4n) is 3.06. The molecular formula is C25H27N3O3S2. The van der Waals surface area contributed by atoms with Crippen LogP contribution in [-0.4, -0.2) is 30.5 Å². The molecule has 0 heterocycles. The van der Waals surface area contributed by atoms with Gasteiger partial charge in [-0.05, 0) is 61.1 Å². The molecule has 1 amide bonds. The largest absolute Gasteiger partial charge is 0.497 e. The van der Waals surface area contributed by atoms with Crippen molar-refractivity contribution in [2.45, 2.75) is 23.5 Å². The molecule has 33 heavy (non-hydrogen) atoms. The maximum Gasteiger partial charge on any atom is 0.237 e. The second-order valence-corrected chi connectivity index (χ2v) is 8.73. The number of rotatable bonds is 9. The van der Waals surface area contributed by atoms with Gasteiger partial charge in [-0.1, -0.05) is 31.2 Å². The summed E-state index contributed by atoms with van der Waals surface area (Å²) in [4.78, 5) is 13.9. The van der Waals surface area contributed by atoms with Crippen molar-refractivity contribution in [2.24, 2.45) is 0 Å². The molecule has 0 aromatic heterocycles. The summed E-state index contributed by atoms with van der Waals surface area (Å²) in [6.45, 7) is 1.99. The molecule has 3 aromatic carbocycles. The monoisotopic (exact) mass is 481 g/mol. The van der Waals surface area contributed by atoms with Gasteiger partial charge in [-0.15, -0.1) is 11.8 Å². The molecule has 0 aliphatic carbocycles. The molecule has 1 atom stereocenters. The van der Waals surface area contributed by atoms with Gasteiger partial charge in [-0.2, -0.15) is 0 Å². The predicted octanol–water partition coefficient (Wildman–Crippen LogP) is 6.02. The molecule has 0 saturated carbocycles. The summed E-state index contributed by atoms with van der Waals surface area (Å²) in [7, 11) is 3.15. The quantitative estimate of drug-likeness (QED) is 0.255. The Morgan fingerprint density at radius 2 is 1.64 bits per heavy atom. The standard InChI is InChI=1S/C25H27N3O3S2/c1-4-23(24(29)28-21-14-13-19(30-2)16-22(21)31-3)33-20-12-8-11-18(15-20)27-25(32)26-17-9-6-5-7-10-17/h5-16,23H,4H2,1-3H3,(H,28,29)(H2,26,27,32). The van der Waals surface area contributed by atoms with Crippen LogP contribution < -0.4 is 25.4 Å². The molecule has 0 spiro atoms. The third-order valence-corrected chi connectivity index (χ3v) is 6.29. The minimum Gasteiger partial charge on any atom is -0.497 e. The molecule has 3 N–H and O–H groups in total. The third kappa shape index (κ3) is 7.13. The van der Waals surface area contributed by atoms with Gasteiger partial charge in [0, 0.05) is 22.3 Å². The summed E-state index contributed by atoms with van der Waals surface area (Å²) >= 11 is 6.92.